The summed E-state index contributed by atoms with van der Waals surface area (Å²) in [5.41, 5.74) is 3.04. The van der Waals surface area contributed by atoms with Crippen LogP contribution < -0.4 is 15.0 Å². The molecule has 0 amide bonds. The van der Waals surface area contributed by atoms with E-state index in [0.29, 0.717) is 39.4 Å². The second-order valence-electron chi connectivity index (χ2n) is 6.59. The third-order valence-electron chi connectivity index (χ3n) is 4.81. The predicted octanol–water partition coefficient (Wildman–Crippen LogP) is 3.85. The maximum atomic E-state index is 13.4. The van der Waals surface area contributed by atoms with Crippen LogP contribution in [0, 0.1) is 11.3 Å². The molecule has 0 radical (unpaired) electrons. The summed E-state index contributed by atoms with van der Waals surface area (Å²) in [4.78, 5) is 21.9. The number of nitriles is 1. The minimum Gasteiger partial charge on any atom is -0.480 e. The Morgan fingerprint density at radius 2 is 1.68 bits per heavy atom. The van der Waals surface area contributed by atoms with Crippen molar-refractivity contribution in [3.05, 3.63) is 89.0 Å². The van der Waals surface area contributed by atoms with Gasteiger partial charge < -0.3 is 9.47 Å². The van der Waals surface area contributed by atoms with Gasteiger partial charge in [-0.25, -0.2) is 4.98 Å². The Balaban J connectivity index is 2.04. The molecule has 0 N–H and O–H groups in total. The van der Waals surface area contributed by atoms with Crippen LogP contribution in [0.1, 0.15) is 5.56 Å². The maximum absolute atomic E-state index is 13.4. The van der Waals surface area contributed by atoms with Crippen LogP contribution in [0.2, 0.25) is 0 Å². The highest BCUT2D eigenvalue weighted by atomic mass is 16.5. The van der Waals surface area contributed by atoms with Crippen LogP contribution in [0.3, 0.4) is 0 Å². The molecule has 31 heavy (non-hydrogen) atoms. The van der Waals surface area contributed by atoms with Crippen molar-refractivity contribution in [2.24, 2.45) is 0 Å². The number of hydrogen-bond donors (Lipinski definition) is 0. The van der Waals surface area contributed by atoms with Gasteiger partial charge in [0.15, 0.2) is 0 Å². The minimum absolute atomic E-state index is 0.173. The molecular formula is C24H18N4O3. The monoisotopic (exact) mass is 410 g/mol. The third-order valence-corrected chi connectivity index (χ3v) is 4.81. The van der Waals surface area contributed by atoms with Gasteiger partial charge in [-0.3, -0.25) is 9.36 Å². The molecule has 0 unspecified atom stereocenters. The standard InChI is InChI=1S/C24H18N4O3/c1-30-22-21(14-26-24(27-22)31-2)17-12-20(19-11-7-6-8-16(19)13-25)23(29)28(15-17)18-9-4-3-5-10-18/h3-12,14-15H,1-2H3. The van der Waals surface area contributed by atoms with Crippen molar-refractivity contribution < 1.29 is 9.47 Å². The van der Waals surface area contributed by atoms with Gasteiger partial charge in [0.05, 0.1) is 31.4 Å². The van der Waals surface area contributed by atoms with Gasteiger partial charge in [-0.05, 0) is 24.3 Å². The number of methoxy groups -OCH3 is 2. The molecule has 0 fully saturated rings. The summed E-state index contributed by atoms with van der Waals surface area (Å²) in [7, 11) is 2.98. The maximum Gasteiger partial charge on any atom is 0.319 e. The Kier molecular flexibility index (Phi) is 5.45. The largest absolute Gasteiger partial charge is 0.480 e. The van der Waals surface area contributed by atoms with E-state index in [1.807, 2.05) is 30.3 Å². The first-order chi connectivity index (χ1) is 15.2. The number of hydrogen-bond acceptors (Lipinski definition) is 6. The molecule has 0 saturated carbocycles. The van der Waals surface area contributed by atoms with E-state index in [1.54, 1.807) is 47.3 Å². The molecule has 0 aliphatic heterocycles. The van der Waals surface area contributed by atoms with Crippen LogP contribution in [-0.2, 0) is 0 Å². The molecule has 0 saturated heterocycles. The highest BCUT2D eigenvalue weighted by molar-refractivity contribution is 5.77. The average Bonchev–Trinajstić information content (AvgIpc) is 2.84. The molecule has 2 aromatic carbocycles. The lowest BCUT2D eigenvalue weighted by atomic mass is 9.98. The zero-order valence-corrected chi connectivity index (χ0v) is 16.9. The van der Waals surface area contributed by atoms with Crippen LogP contribution >= 0.6 is 0 Å². The molecule has 7 nitrogen and oxygen atoms in total. The minimum atomic E-state index is -0.244. The first-order valence-corrected chi connectivity index (χ1v) is 9.43. The molecule has 152 valence electrons. The number of benzene rings is 2. The normalized spacial score (nSPS) is 10.4. The van der Waals surface area contributed by atoms with Gasteiger partial charge in [-0.15, -0.1) is 0 Å². The Morgan fingerprint density at radius 1 is 0.935 bits per heavy atom. The molecule has 4 aromatic rings. The van der Waals surface area contributed by atoms with Crippen LogP contribution in [-0.4, -0.2) is 28.8 Å². The molecule has 0 aliphatic rings. The van der Waals surface area contributed by atoms with Crippen molar-refractivity contribution in [3.8, 4) is 45.9 Å². The van der Waals surface area contributed by atoms with Crippen molar-refractivity contribution in [2.75, 3.05) is 14.2 Å². The Labute approximate surface area is 178 Å². The molecule has 2 heterocycles. The number of nitrogens with zero attached hydrogens (tertiary/aromatic N) is 4. The number of pyridine rings is 1. The summed E-state index contributed by atoms with van der Waals surface area (Å²) in [6, 6.07) is 20.3. The summed E-state index contributed by atoms with van der Waals surface area (Å²) in [6.45, 7) is 0. The molecule has 7 heteroatoms. The predicted molar refractivity (Wildman–Crippen MR) is 116 cm³/mol. The second-order valence-corrected chi connectivity index (χ2v) is 6.59. The molecule has 2 aromatic heterocycles. The average molecular weight is 410 g/mol. The molecule has 0 atom stereocenters. The molecular weight excluding hydrogens is 392 g/mol. The Hall–Kier alpha value is -4.44. The van der Waals surface area contributed by atoms with Crippen LogP contribution in [0.4, 0.5) is 0 Å². The van der Waals surface area contributed by atoms with Gasteiger partial charge in [0.25, 0.3) is 5.56 Å². The summed E-state index contributed by atoms with van der Waals surface area (Å²) >= 11 is 0. The number of para-hydroxylation sites is 1. The molecule has 0 spiro atoms. The van der Waals surface area contributed by atoms with Gasteiger partial charge in [0, 0.05) is 34.8 Å². The van der Waals surface area contributed by atoms with Gasteiger partial charge in [-0.2, -0.15) is 10.2 Å². The van der Waals surface area contributed by atoms with Crippen LogP contribution in [0.5, 0.6) is 11.9 Å². The van der Waals surface area contributed by atoms with Crippen LogP contribution in [0.25, 0.3) is 27.9 Å². The van der Waals surface area contributed by atoms with Crippen molar-refractivity contribution in [1.29, 1.82) is 5.26 Å². The molecule has 4 rings (SSSR count). The summed E-state index contributed by atoms with van der Waals surface area (Å²) < 4.78 is 12.1. The van der Waals surface area contributed by atoms with E-state index in [2.05, 4.69) is 16.0 Å². The van der Waals surface area contributed by atoms with Gasteiger partial charge in [0.1, 0.15) is 0 Å². The topological polar surface area (TPSA) is 90.0 Å². The van der Waals surface area contributed by atoms with Crippen molar-refractivity contribution in [3.63, 3.8) is 0 Å². The fraction of sp³-hybridized carbons (Fsp3) is 0.0833. The first kappa shape index (κ1) is 19.9. The Morgan fingerprint density at radius 3 is 2.39 bits per heavy atom. The Bertz CT molecular complexity index is 1340. The van der Waals surface area contributed by atoms with E-state index in [0.717, 1.165) is 0 Å². The zero-order valence-electron chi connectivity index (χ0n) is 16.9. The van der Waals surface area contributed by atoms with Gasteiger partial charge >= 0.3 is 6.01 Å². The molecule has 0 bridgehead atoms. The van der Waals surface area contributed by atoms with Crippen molar-refractivity contribution in [1.82, 2.24) is 14.5 Å². The fourth-order valence-electron chi connectivity index (χ4n) is 3.32. The lowest BCUT2D eigenvalue weighted by molar-refractivity contribution is 0.353. The second kappa shape index (κ2) is 8.51. The number of rotatable bonds is 5. The lowest BCUT2D eigenvalue weighted by Crippen LogP contribution is -2.20. The summed E-state index contributed by atoms with van der Waals surface area (Å²) in [6.07, 6.45) is 3.30. The van der Waals surface area contributed by atoms with E-state index in [4.69, 9.17) is 9.47 Å². The highest BCUT2D eigenvalue weighted by Gasteiger charge is 2.17. The SMILES string of the molecule is COc1ncc(-c2cc(-c3ccccc3C#N)c(=O)n(-c3ccccc3)c2)c(OC)n1. The van der Waals surface area contributed by atoms with Gasteiger partial charge in [0.2, 0.25) is 5.88 Å². The number of aromatic nitrogens is 3. The quantitative estimate of drug-likeness (QED) is 0.496. The van der Waals surface area contributed by atoms with Crippen LogP contribution in [0.15, 0.2) is 77.9 Å². The van der Waals surface area contributed by atoms with E-state index in [9.17, 15) is 10.1 Å². The van der Waals surface area contributed by atoms with Crippen molar-refractivity contribution in [2.45, 2.75) is 0 Å². The van der Waals surface area contributed by atoms with E-state index < -0.39 is 0 Å². The number of ether oxygens (including phenoxy) is 2. The van der Waals surface area contributed by atoms with E-state index >= 15 is 0 Å². The first-order valence-electron chi connectivity index (χ1n) is 9.43. The third kappa shape index (κ3) is 3.74. The fourth-order valence-corrected chi connectivity index (χ4v) is 3.32. The van der Waals surface area contributed by atoms with Crippen molar-refractivity contribution >= 4 is 0 Å². The lowest BCUT2D eigenvalue weighted by Gasteiger charge is -2.14. The van der Waals surface area contributed by atoms with E-state index in [1.165, 1.54) is 14.2 Å². The highest BCUT2D eigenvalue weighted by Crippen LogP contribution is 2.32. The smallest absolute Gasteiger partial charge is 0.319 e. The zero-order chi connectivity index (χ0) is 21.8. The van der Waals surface area contributed by atoms with E-state index in [-0.39, 0.29) is 11.6 Å². The summed E-state index contributed by atoms with van der Waals surface area (Å²) in [5.74, 6) is 0.310. The van der Waals surface area contributed by atoms with Gasteiger partial charge in [-0.1, -0.05) is 36.4 Å². The molecule has 0 aliphatic carbocycles. The summed E-state index contributed by atoms with van der Waals surface area (Å²) in [5, 5.41) is 9.57.